The van der Waals surface area contributed by atoms with Crippen molar-refractivity contribution in [1.82, 2.24) is 9.62 Å². The van der Waals surface area contributed by atoms with E-state index in [2.05, 4.69) is 30.7 Å². The fourth-order valence-electron chi connectivity index (χ4n) is 2.99. The monoisotopic (exact) mass is 338 g/mol. The van der Waals surface area contributed by atoms with Gasteiger partial charge in [0.1, 0.15) is 0 Å². The molecular formula is C17H26N2O3S. The molecule has 1 amide bonds. The highest BCUT2D eigenvalue weighted by Crippen LogP contribution is 2.29. The first-order valence-corrected chi connectivity index (χ1v) is 9.56. The smallest absolute Gasteiger partial charge is 0.222 e. The minimum atomic E-state index is -3.29. The summed E-state index contributed by atoms with van der Waals surface area (Å²) in [4.78, 5) is 14.1. The number of hydrogen-bond acceptors (Lipinski definition) is 3. The molecule has 1 heterocycles. The van der Waals surface area contributed by atoms with Crippen molar-refractivity contribution in [2.75, 3.05) is 20.1 Å². The molecule has 0 aliphatic carbocycles. The van der Waals surface area contributed by atoms with Crippen LogP contribution in [0, 0.1) is 0 Å². The number of hydrogen-bond donors (Lipinski definition) is 1. The third-order valence-electron chi connectivity index (χ3n) is 4.74. The Hall–Kier alpha value is -1.40. The molecule has 0 radical (unpaired) electrons. The number of amides is 1. The lowest BCUT2D eigenvalue weighted by Gasteiger charge is -2.26. The van der Waals surface area contributed by atoms with Crippen LogP contribution in [-0.4, -0.2) is 44.6 Å². The Morgan fingerprint density at radius 1 is 1.30 bits per heavy atom. The Morgan fingerprint density at radius 3 is 2.57 bits per heavy atom. The first-order valence-electron chi connectivity index (χ1n) is 8.02. The molecule has 0 unspecified atom stereocenters. The highest BCUT2D eigenvalue weighted by Gasteiger charge is 2.34. The number of nitrogens with zero attached hydrogens (tertiary/aromatic N) is 1. The summed E-state index contributed by atoms with van der Waals surface area (Å²) in [6, 6.07) is 10.2. The van der Waals surface area contributed by atoms with Crippen molar-refractivity contribution in [2.45, 2.75) is 43.8 Å². The SMILES string of the molecule is CNS(=O)(=O)[C@@H]1CCN(C(=O)CCC(C)(C)c2ccccc2)C1. The van der Waals surface area contributed by atoms with Crippen molar-refractivity contribution in [3.8, 4) is 0 Å². The van der Waals surface area contributed by atoms with Crippen LogP contribution >= 0.6 is 0 Å². The fourth-order valence-corrected chi connectivity index (χ4v) is 4.11. The van der Waals surface area contributed by atoms with Crippen molar-refractivity contribution in [3.05, 3.63) is 35.9 Å². The number of nitrogens with one attached hydrogen (secondary N) is 1. The Balaban J connectivity index is 1.91. The molecular weight excluding hydrogens is 312 g/mol. The Bertz CT molecular complexity index is 641. The summed E-state index contributed by atoms with van der Waals surface area (Å²) < 4.78 is 26.0. The number of carbonyl (C=O) groups excluding carboxylic acids is 1. The summed E-state index contributed by atoms with van der Waals surface area (Å²) in [5.74, 6) is 0.0443. The number of likely N-dealkylation sites (tertiary alicyclic amines) is 1. The highest BCUT2D eigenvalue weighted by atomic mass is 32.2. The quantitative estimate of drug-likeness (QED) is 0.861. The lowest BCUT2D eigenvalue weighted by atomic mass is 9.80. The normalized spacial score (nSPS) is 19.1. The molecule has 1 aliphatic rings. The van der Waals surface area contributed by atoms with Gasteiger partial charge in [-0.05, 0) is 30.9 Å². The van der Waals surface area contributed by atoms with E-state index in [9.17, 15) is 13.2 Å². The van der Waals surface area contributed by atoms with Crippen LogP contribution in [0.5, 0.6) is 0 Å². The van der Waals surface area contributed by atoms with E-state index in [0.29, 0.717) is 25.9 Å². The molecule has 1 aliphatic heterocycles. The van der Waals surface area contributed by atoms with E-state index in [0.717, 1.165) is 6.42 Å². The van der Waals surface area contributed by atoms with Crippen LogP contribution < -0.4 is 4.72 Å². The van der Waals surface area contributed by atoms with Gasteiger partial charge in [0.25, 0.3) is 0 Å². The van der Waals surface area contributed by atoms with Gasteiger partial charge in [-0.2, -0.15) is 0 Å². The van der Waals surface area contributed by atoms with Gasteiger partial charge in [0.15, 0.2) is 0 Å². The topological polar surface area (TPSA) is 66.5 Å². The van der Waals surface area contributed by atoms with Crippen LogP contribution in [0.25, 0.3) is 0 Å². The van der Waals surface area contributed by atoms with Gasteiger partial charge in [-0.3, -0.25) is 4.79 Å². The Morgan fingerprint density at radius 2 is 1.96 bits per heavy atom. The zero-order valence-electron chi connectivity index (χ0n) is 14.1. The molecule has 1 fully saturated rings. The van der Waals surface area contributed by atoms with Crippen LogP contribution in [0.4, 0.5) is 0 Å². The summed E-state index contributed by atoms with van der Waals surface area (Å²) in [6.07, 6.45) is 1.70. The predicted octanol–water partition coefficient (Wildman–Crippen LogP) is 1.89. The second-order valence-corrected chi connectivity index (χ2v) is 8.91. The molecule has 23 heavy (non-hydrogen) atoms. The van der Waals surface area contributed by atoms with Crippen molar-refractivity contribution in [3.63, 3.8) is 0 Å². The summed E-state index contributed by atoms with van der Waals surface area (Å²) in [6.45, 7) is 5.09. The maximum Gasteiger partial charge on any atom is 0.222 e. The first-order chi connectivity index (χ1) is 10.8. The van der Waals surface area contributed by atoms with Gasteiger partial charge >= 0.3 is 0 Å². The third kappa shape index (κ3) is 4.32. The molecule has 0 spiro atoms. The molecule has 128 valence electrons. The lowest BCUT2D eigenvalue weighted by molar-refractivity contribution is -0.130. The summed E-state index contributed by atoms with van der Waals surface area (Å²) in [5.41, 5.74) is 1.14. The molecule has 1 aromatic carbocycles. The van der Waals surface area contributed by atoms with Crippen LogP contribution in [0.3, 0.4) is 0 Å². The number of carbonyl (C=O) groups is 1. The zero-order valence-corrected chi connectivity index (χ0v) is 14.9. The molecule has 0 saturated carbocycles. The molecule has 6 heteroatoms. The van der Waals surface area contributed by atoms with Gasteiger partial charge in [0, 0.05) is 19.5 Å². The van der Waals surface area contributed by atoms with E-state index in [1.807, 2.05) is 18.2 Å². The van der Waals surface area contributed by atoms with Gasteiger partial charge < -0.3 is 4.90 Å². The van der Waals surface area contributed by atoms with Crippen LogP contribution in [0.1, 0.15) is 38.7 Å². The average Bonchev–Trinajstić information content (AvgIpc) is 3.04. The van der Waals surface area contributed by atoms with Gasteiger partial charge in [0.2, 0.25) is 15.9 Å². The standard InChI is InChI=1S/C17H26N2O3S/c1-17(2,14-7-5-4-6-8-14)11-9-16(20)19-12-10-15(13-19)23(21,22)18-3/h4-8,15,18H,9-13H2,1-3H3/t15-/m1/s1. The minimum Gasteiger partial charge on any atom is -0.341 e. The molecule has 2 rings (SSSR count). The van der Waals surface area contributed by atoms with E-state index < -0.39 is 15.3 Å². The van der Waals surface area contributed by atoms with Gasteiger partial charge in [0.05, 0.1) is 5.25 Å². The Labute approximate surface area is 139 Å². The third-order valence-corrected chi connectivity index (χ3v) is 6.57. The molecule has 0 aromatic heterocycles. The van der Waals surface area contributed by atoms with Gasteiger partial charge in [-0.25, -0.2) is 13.1 Å². The molecule has 1 saturated heterocycles. The van der Waals surface area contributed by atoms with Crippen LogP contribution in [0.2, 0.25) is 0 Å². The summed E-state index contributed by atoms with van der Waals surface area (Å²) in [7, 11) is -1.88. The molecule has 1 atom stereocenters. The second-order valence-electron chi connectivity index (χ2n) is 6.75. The van der Waals surface area contributed by atoms with Crippen molar-refractivity contribution in [1.29, 1.82) is 0 Å². The minimum absolute atomic E-state index is 0.0443. The maximum absolute atomic E-state index is 12.4. The average molecular weight is 338 g/mol. The second kappa shape index (κ2) is 7.01. The van der Waals surface area contributed by atoms with Gasteiger partial charge in [-0.1, -0.05) is 44.2 Å². The van der Waals surface area contributed by atoms with Crippen LogP contribution in [-0.2, 0) is 20.2 Å². The van der Waals surface area contributed by atoms with Crippen molar-refractivity contribution < 1.29 is 13.2 Å². The van der Waals surface area contributed by atoms with E-state index in [1.165, 1.54) is 12.6 Å². The number of rotatable bonds is 6. The number of sulfonamides is 1. The van der Waals surface area contributed by atoms with Crippen molar-refractivity contribution in [2.24, 2.45) is 0 Å². The van der Waals surface area contributed by atoms with Gasteiger partial charge in [-0.15, -0.1) is 0 Å². The van der Waals surface area contributed by atoms with Crippen molar-refractivity contribution >= 4 is 15.9 Å². The lowest BCUT2D eigenvalue weighted by Crippen LogP contribution is -2.36. The predicted molar refractivity (Wildman–Crippen MR) is 91.7 cm³/mol. The number of benzene rings is 1. The Kier molecular flexibility index (Phi) is 5.47. The van der Waals surface area contributed by atoms with E-state index in [1.54, 1.807) is 4.90 Å². The molecule has 1 aromatic rings. The molecule has 1 N–H and O–H groups in total. The fraction of sp³-hybridized carbons (Fsp3) is 0.588. The van der Waals surface area contributed by atoms with E-state index in [4.69, 9.17) is 0 Å². The summed E-state index contributed by atoms with van der Waals surface area (Å²) in [5, 5.41) is -0.487. The largest absolute Gasteiger partial charge is 0.341 e. The summed E-state index contributed by atoms with van der Waals surface area (Å²) >= 11 is 0. The molecule has 0 bridgehead atoms. The van der Waals surface area contributed by atoms with E-state index in [-0.39, 0.29) is 11.3 Å². The van der Waals surface area contributed by atoms with Crippen LogP contribution in [0.15, 0.2) is 30.3 Å². The highest BCUT2D eigenvalue weighted by molar-refractivity contribution is 7.90. The molecule has 5 nitrogen and oxygen atoms in total. The zero-order chi connectivity index (χ0) is 17.1. The van der Waals surface area contributed by atoms with E-state index >= 15 is 0 Å². The first kappa shape index (κ1) is 17.9. The maximum atomic E-state index is 12.4.